The number of nitrogens with one attached hydrogen (secondary N) is 1. The normalized spacial score (nSPS) is 15.6. The first kappa shape index (κ1) is 17.6. The van der Waals surface area contributed by atoms with Crippen LogP contribution < -0.4 is 5.32 Å². The third-order valence-electron chi connectivity index (χ3n) is 4.76. The molecule has 0 radical (unpaired) electrons. The molecular weight excluding hydrogens is 312 g/mol. The van der Waals surface area contributed by atoms with Crippen LogP contribution in [0.15, 0.2) is 60.7 Å². The van der Waals surface area contributed by atoms with Gasteiger partial charge in [-0.2, -0.15) is 0 Å². The summed E-state index contributed by atoms with van der Waals surface area (Å²) < 4.78 is 0. The van der Waals surface area contributed by atoms with Crippen LogP contribution in [0.3, 0.4) is 0 Å². The molecule has 3 rings (SSSR count). The Bertz CT molecular complexity index is 627. The van der Waals surface area contributed by atoms with Crippen LogP contribution in [-0.4, -0.2) is 34.6 Å². The van der Waals surface area contributed by atoms with E-state index in [2.05, 4.69) is 34.5 Å². The Morgan fingerprint density at radius 3 is 1.92 bits per heavy atom. The van der Waals surface area contributed by atoms with Gasteiger partial charge in [0.15, 0.2) is 0 Å². The molecule has 0 aliphatic heterocycles. The minimum absolute atomic E-state index is 0.0350. The van der Waals surface area contributed by atoms with Gasteiger partial charge in [-0.3, -0.25) is 9.69 Å². The Morgan fingerprint density at radius 1 is 0.960 bits per heavy atom. The Morgan fingerprint density at radius 2 is 1.48 bits per heavy atom. The first-order valence-corrected chi connectivity index (χ1v) is 8.92. The second-order valence-corrected chi connectivity index (χ2v) is 6.97. The molecule has 4 nitrogen and oxygen atoms in total. The van der Waals surface area contributed by atoms with Crippen molar-refractivity contribution in [2.45, 2.75) is 38.0 Å². The predicted molar refractivity (Wildman–Crippen MR) is 98.8 cm³/mol. The van der Waals surface area contributed by atoms with Gasteiger partial charge in [0.25, 0.3) is 0 Å². The summed E-state index contributed by atoms with van der Waals surface area (Å²) in [4.78, 5) is 14.5. The summed E-state index contributed by atoms with van der Waals surface area (Å²) in [6, 6.07) is 20.4. The number of carbonyl (C=O) groups is 1. The Labute approximate surface area is 149 Å². The molecule has 2 aromatic carbocycles. The van der Waals surface area contributed by atoms with Crippen LogP contribution in [0, 0.1) is 0 Å². The number of carbonyl (C=O) groups excluding carboxylic acids is 1. The molecular formula is C21H26N2O2. The van der Waals surface area contributed by atoms with Gasteiger partial charge in [0.2, 0.25) is 5.91 Å². The number of nitrogens with zero attached hydrogens (tertiary/aromatic N) is 1. The first-order chi connectivity index (χ1) is 12.1. The van der Waals surface area contributed by atoms with Gasteiger partial charge in [-0.05, 0) is 30.4 Å². The molecule has 0 saturated heterocycles. The summed E-state index contributed by atoms with van der Waals surface area (Å²) in [6.45, 7) is 2.11. The molecule has 4 heteroatoms. The number of rotatable bonds is 8. The van der Waals surface area contributed by atoms with Crippen molar-refractivity contribution in [2.24, 2.45) is 0 Å². The van der Waals surface area contributed by atoms with Crippen LogP contribution in [0.1, 0.15) is 30.4 Å². The van der Waals surface area contributed by atoms with E-state index in [0.717, 1.165) is 19.3 Å². The minimum atomic E-state index is -0.681. The summed E-state index contributed by atoms with van der Waals surface area (Å²) in [5, 5.41) is 13.0. The molecule has 2 N–H and O–H groups in total. The first-order valence-electron chi connectivity index (χ1n) is 8.92. The van der Waals surface area contributed by atoms with Gasteiger partial charge in [-0.25, -0.2) is 0 Å². The molecule has 1 aliphatic rings. The molecule has 1 amide bonds. The standard InChI is InChI=1S/C21H26N2O2/c24-20(22-17-21(25)12-7-13-21)16-23(14-18-8-3-1-4-9-18)15-19-10-5-2-6-11-19/h1-6,8-11,25H,7,12-17H2,(H,22,24). The second kappa shape index (κ2) is 8.28. The molecule has 132 valence electrons. The third kappa shape index (κ3) is 5.41. The van der Waals surface area contributed by atoms with Crippen LogP contribution in [-0.2, 0) is 17.9 Å². The quantitative estimate of drug-likeness (QED) is 0.778. The maximum absolute atomic E-state index is 12.4. The number of benzene rings is 2. The van der Waals surface area contributed by atoms with E-state index in [1.165, 1.54) is 11.1 Å². The molecule has 0 unspecified atom stereocenters. The number of hydrogen-bond acceptors (Lipinski definition) is 3. The van der Waals surface area contributed by atoms with Crippen molar-refractivity contribution in [2.75, 3.05) is 13.1 Å². The number of aliphatic hydroxyl groups is 1. The van der Waals surface area contributed by atoms with Crippen molar-refractivity contribution in [3.05, 3.63) is 71.8 Å². The van der Waals surface area contributed by atoms with Crippen molar-refractivity contribution in [3.63, 3.8) is 0 Å². The maximum atomic E-state index is 12.4. The van der Waals surface area contributed by atoms with E-state index in [9.17, 15) is 9.90 Å². The fourth-order valence-corrected chi connectivity index (χ4v) is 3.13. The van der Waals surface area contributed by atoms with Crippen molar-refractivity contribution >= 4 is 5.91 Å². The molecule has 0 atom stereocenters. The lowest BCUT2D eigenvalue weighted by Crippen LogP contribution is -2.49. The molecule has 0 bridgehead atoms. The van der Waals surface area contributed by atoms with Crippen LogP contribution in [0.2, 0.25) is 0 Å². The van der Waals surface area contributed by atoms with Crippen LogP contribution >= 0.6 is 0 Å². The summed E-state index contributed by atoms with van der Waals surface area (Å²) in [7, 11) is 0. The lowest BCUT2D eigenvalue weighted by molar-refractivity contribution is -0.125. The topological polar surface area (TPSA) is 52.6 Å². The molecule has 2 aromatic rings. The monoisotopic (exact) mass is 338 g/mol. The average molecular weight is 338 g/mol. The SMILES string of the molecule is O=C(CN(Cc1ccccc1)Cc1ccccc1)NCC1(O)CCC1. The predicted octanol–water partition coefficient (Wildman–Crippen LogP) is 2.72. The molecule has 1 saturated carbocycles. The zero-order valence-corrected chi connectivity index (χ0v) is 14.5. The maximum Gasteiger partial charge on any atom is 0.234 e. The van der Waals surface area contributed by atoms with Gasteiger partial charge < -0.3 is 10.4 Å². The highest BCUT2D eigenvalue weighted by Gasteiger charge is 2.34. The van der Waals surface area contributed by atoms with Gasteiger partial charge >= 0.3 is 0 Å². The third-order valence-corrected chi connectivity index (χ3v) is 4.76. The lowest BCUT2D eigenvalue weighted by Gasteiger charge is -2.36. The summed E-state index contributed by atoms with van der Waals surface area (Å²) in [5.41, 5.74) is 1.69. The van der Waals surface area contributed by atoms with Gasteiger partial charge in [0.1, 0.15) is 0 Å². The van der Waals surface area contributed by atoms with Gasteiger partial charge in [-0.15, -0.1) is 0 Å². The van der Waals surface area contributed by atoms with Gasteiger partial charge in [0, 0.05) is 19.6 Å². The van der Waals surface area contributed by atoms with Crippen LogP contribution in [0.5, 0.6) is 0 Å². The smallest absolute Gasteiger partial charge is 0.234 e. The number of hydrogen-bond donors (Lipinski definition) is 2. The minimum Gasteiger partial charge on any atom is -0.388 e. The highest BCUT2D eigenvalue weighted by Crippen LogP contribution is 2.30. The Hall–Kier alpha value is -2.17. The van der Waals surface area contributed by atoms with E-state index >= 15 is 0 Å². The number of amides is 1. The summed E-state index contributed by atoms with van der Waals surface area (Å²) in [6.07, 6.45) is 2.61. The lowest BCUT2D eigenvalue weighted by atomic mass is 9.80. The average Bonchev–Trinajstić information content (AvgIpc) is 2.60. The molecule has 1 fully saturated rings. The van der Waals surface area contributed by atoms with Crippen LogP contribution in [0.4, 0.5) is 0 Å². The fourth-order valence-electron chi connectivity index (χ4n) is 3.13. The Kier molecular flexibility index (Phi) is 5.84. The fraction of sp³-hybridized carbons (Fsp3) is 0.381. The van der Waals surface area contributed by atoms with Crippen molar-refractivity contribution < 1.29 is 9.90 Å². The van der Waals surface area contributed by atoms with Gasteiger partial charge in [-0.1, -0.05) is 60.7 Å². The van der Waals surface area contributed by atoms with Crippen molar-refractivity contribution in [1.29, 1.82) is 0 Å². The van der Waals surface area contributed by atoms with E-state index in [1.54, 1.807) is 0 Å². The van der Waals surface area contributed by atoms with Crippen molar-refractivity contribution in [3.8, 4) is 0 Å². The molecule has 1 aliphatic carbocycles. The van der Waals surface area contributed by atoms with E-state index in [-0.39, 0.29) is 5.91 Å². The summed E-state index contributed by atoms with van der Waals surface area (Å²) in [5.74, 6) is -0.0350. The molecule has 0 aromatic heterocycles. The van der Waals surface area contributed by atoms with E-state index in [0.29, 0.717) is 26.2 Å². The molecule has 25 heavy (non-hydrogen) atoms. The van der Waals surface area contributed by atoms with E-state index in [4.69, 9.17) is 0 Å². The zero-order valence-electron chi connectivity index (χ0n) is 14.5. The second-order valence-electron chi connectivity index (χ2n) is 6.97. The highest BCUT2D eigenvalue weighted by molar-refractivity contribution is 5.78. The molecule has 0 heterocycles. The zero-order chi connectivity index (χ0) is 17.5. The van der Waals surface area contributed by atoms with E-state index < -0.39 is 5.60 Å². The largest absolute Gasteiger partial charge is 0.388 e. The Balaban J connectivity index is 1.59. The van der Waals surface area contributed by atoms with Crippen LogP contribution in [0.25, 0.3) is 0 Å². The van der Waals surface area contributed by atoms with Gasteiger partial charge in [0.05, 0.1) is 12.1 Å². The molecule has 0 spiro atoms. The summed E-state index contributed by atoms with van der Waals surface area (Å²) >= 11 is 0. The highest BCUT2D eigenvalue weighted by atomic mass is 16.3. The van der Waals surface area contributed by atoms with Crippen molar-refractivity contribution in [1.82, 2.24) is 10.2 Å². The van der Waals surface area contributed by atoms with E-state index in [1.807, 2.05) is 36.4 Å².